The second kappa shape index (κ2) is 60.4. The van der Waals surface area contributed by atoms with Crippen molar-refractivity contribution < 1.29 is 130 Å². The molecule has 146 heavy (non-hydrogen) atoms. The van der Waals surface area contributed by atoms with Crippen LogP contribution in [-0.4, -0.2) is 82.5 Å². The van der Waals surface area contributed by atoms with Crippen LogP contribution in [0.15, 0.2) is 473 Å². The maximum Gasteiger partial charge on any atom is 0.189 e. The van der Waals surface area contributed by atoms with E-state index in [9.17, 15) is 14.4 Å². The van der Waals surface area contributed by atoms with E-state index in [4.69, 9.17) is 30.3 Å². The number of aliphatic hydroxyl groups is 3. The Hall–Kier alpha value is -15.2. The first kappa shape index (κ1) is 114. The van der Waals surface area contributed by atoms with Crippen molar-refractivity contribution in [2.75, 3.05) is 0 Å². The zero-order valence-corrected chi connectivity index (χ0v) is 92.2. The molecule has 13 aromatic carbocycles. The Morgan fingerprint density at radius 2 is 0.740 bits per heavy atom. The maximum absolute atomic E-state index is 11.2. The monoisotopic (exact) mass is 2810 g/mol. The van der Waals surface area contributed by atoms with Crippen LogP contribution >= 0.6 is 11.3 Å². The summed E-state index contributed by atoms with van der Waals surface area (Å²) < 4.78 is 0. The predicted molar refractivity (Wildman–Crippen MR) is 572 cm³/mol. The van der Waals surface area contributed by atoms with Crippen molar-refractivity contribution in [3.05, 3.63) is 521 Å². The van der Waals surface area contributed by atoms with Gasteiger partial charge >= 0.3 is 0 Å². The molecule has 5 radical (unpaired) electrons. The molecule has 10 heterocycles. The quantitative estimate of drug-likeness (QED) is 0.0358. The van der Waals surface area contributed by atoms with Crippen LogP contribution in [0.2, 0.25) is 0 Å². The third kappa shape index (κ3) is 34.5. The van der Waals surface area contributed by atoms with Gasteiger partial charge in [0, 0.05) is 166 Å². The number of ketones is 3. The van der Waals surface area contributed by atoms with Gasteiger partial charge < -0.3 is 40.2 Å². The van der Waals surface area contributed by atoms with Crippen LogP contribution in [-0.2, 0) is 110 Å². The minimum Gasteiger partial charge on any atom is -0.512 e. The molecule has 0 saturated carbocycles. The van der Waals surface area contributed by atoms with Crippen LogP contribution in [0.5, 0.6) is 0 Å². The summed E-state index contributed by atoms with van der Waals surface area (Å²) in [5, 5.41) is 39.4. The number of thiophene rings is 1. The third-order valence-electron chi connectivity index (χ3n) is 20.8. The molecule has 0 atom stereocenters. The molecule has 733 valence electrons. The average Bonchev–Trinajstić information content (AvgIpc) is 1.20. The zero-order chi connectivity index (χ0) is 98.1. The van der Waals surface area contributed by atoms with Gasteiger partial charge in [0.15, 0.2) is 17.3 Å². The van der Waals surface area contributed by atoms with E-state index in [0.29, 0.717) is 5.56 Å². The van der Waals surface area contributed by atoms with E-state index < -0.39 is 0 Å². The molecule has 16 nitrogen and oxygen atoms in total. The maximum atomic E-state index is 11.2. The van der Waals surface area contributed by atoms with Gasteiger partial charge in [-0.2, -0.15) is 23.8 Å². The van der Waals surface area contributed by atoms with E-state index >= 15 is 0 Å². The SMILES string of the molecule is CC(=O)C=C(C)O.CC(=O)C=C(C)O.CC(O)=CC(=O)c1ccccc1.[Ir].[Ir].[Ir].[Ir].[Ir].[c-]1cc2ccccc2cc1-c1ccc2ccccc2n1.[c-]1ccc2cccnc2c1-c1ccc2ccccc2n1.[c-]1ccccc1-c1ccccn1.[c-]1ccccc1-c1cnccn1.[c-]1ccccc1-c1nc2ccccc2c2ccccc12.[c-]1ccsc1-c1ccc2ccccc2n1.[c-]1cnccc1-c1ccc2ccccc2n1. The van der Waals surface area contributed by atoms with Gasteiger partial charge in [-0.05, 0) is 161 Å². The van der Waals surface area contributed by atoms with Crippen molar-refractivity contribution in [2.24, 2.45) is 0 Å². The fourth-order valence-electron chi connectivity index (χ4n) is 14.4. The van der Waals surface area contributed by atoms with Crippen molar-refractivity contribution in [1.82, 2.24) is 49.8 Å². The zero-order valence-electron chi connectivity index (χ0n) is 79.4. The van der Waals surface area contributed by atoms with Crippen molar-refractivity contribution >= 4 is 116 Å². The smallest absolute Gasteiger partial charge is 0.189 e. The van der Waals surface area contributed by atoms with Crippen LogP contribution in [0.1, 0.15) is 45.0 Å². The Bertz CT molecular complexity index is 7880. The summed E-state index contributed by atoms with van der Waals surface area (Å²) in [5.74, 6) is -0.264. The van der Waals surface area contributed by atoms with Gasteiger partial charge in [0.05, 0.1) is 44.9 Å². The van der Waals surface area contributed by atoms with E-state index in [0.717, 1.165) is 133 Å². The minimum absolute atomic E-state index is 0. The number of pyridine rings is 8. The molecular formula is C124H93Ir5N10O6S-7. The molecule has 23 rings (SSSR count). The Labute approximate surface area is 920 Å². The standard InChI is InChI=1S/2C19H12N.C18H11N2.C14H9N2.C13H8NS.C11H8N.C10H7N2.C10H10O2.2C5H8O2.5Ir/c1-2-7-16-13-17(10-9-14(16)5-1)19-12-11-15-6-3-4-8-18(15)20-19;1-2-8-14(9-3-1)19-17-12-5-4-10-15(17)16-11-6-7-13-18(16)20-19;1-2-9-16-13(5-1)10-11-17(20-16)15-8-3-6-14-7-4-12-19-18(14)15;1-2-4-13-11(3-1)5-6-14(16-13)12-7-9-15-10-8-12;1-2-5-11-10(4-1)7-8-12(14-11)13-6-3-9-15-13;1-2-6-10(7-3-1)11-8-4-5-9-12-11;1-2-4-9(5-3-1)10-8-11-6-7-12-10;1-8(11)7-10(12)9-5-3-2-4-6-9;2*1-4(6)3-5(2)7;;;;;/h1-9,11-13H;1-8,10-13H;1-7,9-12H;1-7,9-10H;1-5,7-9H;1-6,8-9H;1-4,6-8H;2-7,11H,1H3;2*3,6H,1-2H3;;;;;/q7*-1;;;;;;;;. The molecule has 0 aliphatic carbocycles. The van der Waals surface area contributed by atoms with Gasteiger partial charge in [-0.25, -0.2) is 11.3 Å². The van der Waals surface area contributed by atoms with Crippen LogP contribution in [0.4, 0.5) is 0 Å². The van der Waals surface area contributed by atoms with Gasteiger partial charge in [0.25, 0.3) is 0 Å². The predicted octanol–water partition coefficient (Wildman–Crippen LogP) is 29.7. The Morgan fingerprint density at radius 3 is 1.25 bits per heavy atom. The molecule has 23 aromatic rings. The molecule has 0 aliphatic rings. The second-order valence-corrected chi connectivity index (χ2v) is 32.3. The summed E-state index contributed by atoms with van der Waals surface area (Å²) in [6, 6.07) is 151. The number of hydrogen-bond donors (Lipinski definition) is 3. The number of rotatable bonds is 11. The number of nitrogens with zero attached hydrogens (tertiary/aromatic N) is 10. The topological polar surface area (TPSA) is 241 Å². The largest absolute Gasteiger partial charge is 0.512 e. The molecule has 0 bridgehead atoms. The van der Waals surface area contributed by atoms with Crippen molar-refractivity contribution in [2.45, 2.75) is 34.6 Å². The van der Waals surface area contributed by atoms with Gasteiger partial charge in [0.1, 0.15) is 0 Å². The Balaban J connectivity index is 0.000000183. The van der Waals surface area contributed by atoms with Crippen molar-refractivity contribution in [3.63, 3.8) is 0 Å². The molecule has 0 aliphatic heterocycles. The fourth-order valence-corrected chi connectivity index (χ4v) is 15.0. The second-order valence-electron chi connectivity index (χ2n) is 31.3. The summed E-state index contributed by atoms with van der Waals surface area (Å²) in [7, 11) is 0. The van der Waals surface area contributed by atoms with Crippen LogP contribution in [0.25, 0.3) is 165 Å². The fraction of sp³-hybridized carbons (Fsp3) is 0.0403. The molecule has 0 saturated heterocycles. The Kier molecular flexibility index (Phi) is 47.3. The van der Waals surface area contributed by atoms with Gasteiger partial charge in [-0.1, -0.05) is 258 Å². The molecule has 0 unspecified atom stereocenters. The normalized spacial score (nSPS) is 10.4. The summed E-state index contributed by atoms with van der Waals surface area (Å²) >= 11 is 1.67. The molecule has 0 fully saturated rings. The summed E-state index contributed by atoms with van der Waals surface area (Å²) in [4.78, 5) is 76.6. The number of benzene rings is 13. The van der Waals surface area contributed by atoms with Crippen LogP contribution < -0.4 is 0 Å². The third-order valence-corrected chi connectivity index (χ3v) is 21.6. The van der Waals surface area contributed by atoms with Gasteiger partial charge in [-0.3, -0.25) is 39.3 Å². The van der Waals surface area contributed by atoms with Crippen molar-refractivity contribution in [1.29, 1.82) is 0 Å². The first-order valence-corrected chi connectivity index (χ1v) is 45.8. The number of hydrogen-bond acceptors (Lipinski definition) is 17. The first-order valence-electron chi connectivity index (χ1n) is 45.0. The van der Waals surface area contributed by atoms with E-state index in [-0.39, 0.29) is 135 Å². The average molecular weight is 2810 g/mol. The summed E-state index contributed by atoms with van der Waals surface area (Å²) in [6.07, 6.45) is 15.6. The number of fused-ring (bicyclic) bond motifs is 9. The van der Waals surface area contributed by atoms with E-state index in [1.807, 2.05) is 236 Å². The Morgan fingerprint density at radius 1 is 0.288 bits per heavy atom. The molecule has 0 spiro atoms. The number of aromatic nitrogens is 10. The number of aliphatic hydroxyl groups excluding tert-OH is 3. The van der Waals surface area contributed by atoms with Crippen LogP contribution in [0, 0.1) is 42.5 Å². The van der Waals surface area contributed by atoms with Crippen LogP contribution in [0.3, 0.4) is 0 Å². The molecule has 3 N–H and O–H groups in total. The molecular weight excluding hydrogens is 2720 g/mol. The summed E-state index contributed by atoms with van der Waals surface area (Å²) in [6.45, 7) is 7.17. The number of para-hydroxylation sites is 5. The van der Waals surface area contributed by atoms with E-state index in [1.165, 1.54) is 85.2 Å². The number of allylic oxidation sites excluding steroid dienone is 6. The first-order chi connectivity index (χ1) is 69.0. The summed E-state index contributed by atoms with van der Waals surface area (Å²) in [5.41, 5.74) is 19.3. The van der Waals surface area contributed by atoms with Gasteiger partial charge in [-0.15, -0.1) is 166 Å². The molecule has 22 heteroatoms. The number of carbonyl (C=O) groups is 3. The van der Waals surface area contributed by atoms with E-state index in [1.54, 1.807) is 79.0 Å². The molecule has 0 amide bonds. The van der Waals surface area contributed by atoms with E-state index in [2.05, 4.69) is 211 Å². The number of carbonyl (C=O) groups excluding carboxylic acids is 3. The minimum atomic E-state index is -0.171. The van der Waals surface area contributed by atoms with Crippen molar-refractivity contribution in [3.8, 4) is 78.1 Å². The molecule has 10 aromatic heterocycles. The van der Waals surface area contributed by atoms with Gasteiger partial charge in [0.2, 0.25) is 0 Å².